The van der Waals surface area contributed by atoms with Crippen LogP contribution in [-0.4, -0.2) is 33.0 Å². The number of hydrogen-bond donors (Lipinski definition) is 1. The highest BCUT2D eigenvalue weighted by molar-refractivity contribution is 7.89. The second-order valence-electron chi connectivity index (χ2n) is 9.26. The molecule has 0 radical (unpaired) electrons. The number of Topliss-reactive ketones (excluding diaryl/α,β-unsaturated/α-hetero) is 1. The van der Waals surface area contributed by atoms with Gasteiger partial charge < -0.3 is 4.74 Å². The number of nitrogens with zero attached hydrogens (tertiary/aromatic N) is 1. The number of methoxy groups -OCH3 is 1. The summed E-state index contributed by atoms with van der Waals surface area (Å²) < 4.78 is 30.4. The van der Waals surface area contributed by atoms with Crippen molar-refractivity contribution in [2.24, 2.45) is 27.3 Å². The van der Waals surface area contributed by atoms with Gasteiger partial charge in [0.1, 0.15) is 5.41 Å². The van der Waals surface area contributed by atoms with E-state index in [4.69, 9.17) is 4.74 Å². The number of hydrazone groups is 1. The number of ketones is 1. The maximum atomic E-state index is 13.2. The summed E-state index contributed by atoms with van der Waals surface area (Å²) >= 11 is 0. The molecule has 1 aromatic carbocycles. The summed E-state index contributed by atoms with van der Waals surface area (Å²) in [5.41, 5.74) is -0.631. The standard InChI is InChI=1S/C21H26N2O5S/c1-13-5-7-14(8-6-13)29(26,27)23-22-15-11-21(18(25)28-4)16(24)12-19(2,3)17(15)20(21)9-10-20/h5-8,17,23H,9-12H2,1-4H3/b22-15+/t17-,21+/m1/s1. The van der Waals surface area contributed by atoms with Gasteiger partial charge in [0.25, 0.3) is 10.0 Å². The first-order chi connectivity index (χ1) is 13.5. The van der Waals surface area contributed by atoms with E-state index < -0.39 is 32.2 Å². The van der Waals surface area contributed by atoms with Crippen molar-refractivity contribution in [1.29, 1.82) is 0 Å². The lowest BCUT2D eigenvalue weighted by atomic mass is 9.55. The fraction of sp³-hybridized carbons (Fsp3) is 0.571. The van der Waals surface area contributed by atoms with Crippen molar-refractivity contribution in [2.45, 2.75) is 51.3 Å². The van der Waals surface area contributed by atoms with Gasteiger partial charge in [-0.25, -0.2) is 4.83 Å². The first kappa shape index (κ1) is 20.1. The predicted octanol–water partition coefficient (Wildman–Crippen LogP) is 2.59. The zero-order valence-electron chi connectivity index (χ0n) is 17.1. The van der Waals surface area contributed by atoms with Crippen LogP contribution in [0.15, 0.2) is 34.3 Å². The van der Waals surface area contributed by atoms with E-state index >= 15 is 0 Å². The van der Waals surface area contributed by atoms with Gasteiger partial charge in [0, 0.05) is 29.9 Å². The molecule has 0 unspecified atom stereocenters. The van der Waals surface area contributed by atoms with Crippen LogP contribution in [0.5, 0.6) is 0 Å². The predicted molar refractivity (Wildman–Crippen MR) is 107 cm³/mol. The normalized spacial score (nSPS) is 30.4. The van der Waals surface area contributed by atoms with Gasteiger partial charge in [-0.2, -0.15) is 13.5 Å². The molecule has 3 aliphatic rings. The highest BCUT2D eigenvalue weighted by Crippen LogP contribution is 2.76. The smallest absolute Gasteiger partial charge is 0.320 e. The van der Waals surface area contributed by atoms with Gasteiger partial charge in [-0.1, -0.05) is 31.5 Å². The van der Waals surface area contributed by atoms with Crippen molar-refractivity contribution < 1.29 is 22.7 Å². The summed E-state index contributed by atoms with van der Waals surface area (Å²) in [5, 5.41) is 4.28. The Balaban J connectivity index is 1.74. The number of hydrogen-bond acceptors (Lipinski definition) is 6. The molecule has 0 saturated heterocycles. The molecule has 0 aliphatic heterocycles. The van der Waals surface area contributed by atoms with E-state index in [1.807, 2.05) is 20.8 Å². The zero-order valence-corrected chi connectivity index (χ0v) is 17.9. The number of aryl methyl sites for hydroxylation is 1. The van der Waals surface area contributed by atoms with E-state index in [0.717, 1.165) is 18.4 Å². The van der Waals surface area contributed by atoms with Crippen LogP contribution in [0.4, 0.5) is 0 Å². The Bertz CT molecular complexity index is 1020. The summed E-state index contributed by atoms with van der Waals surface area (Å²) in [6.07, 6.45) is 1.85. The topological polar surface area (TPSA) is 102 Å². The van der Waals surface area contributed by atoms with Crippen molar-refractivity contribution >= 4 is 27.5 Å². The van der Waals surface area contributed by atoms with E-state index in [2.05, 4.69) is 9.93 Å². The van der Waals surface area contributed by atoms with Gasteiger partial charge >= 0.3 is 5.97 Å². The number of sulfonamides is 1. The molecule has 2 bridgehead atoms. The number of nitrogens with one attached hydrogen (secondary N) is 1. The Hall–Kier alpha value is -2.22. The Kier molecular flexibility index (Phi) is 4.25. The summed E-state index contributed by atoms with van der Waals surface area (Å²) in [6.45, 7) is 5.86. The van der Waals surface area contributed by atoms with Crippen LogP contribution in [0.1, 0.15) is 45.1 Å². The molecule has 1 N–H and O–H groups in total. The molecular weight excluding hydrogens is 392 g/mol. The van der Waals surface area contributed by atoms with E-state index in [-0.39, 0.29) is 29.4 Å². The second kappa shape index (κ2) is 6.14. The molecule has 0 heterocycles. The Morgan fingerprint density at radius 2 is 1.79 bits per heavy atom. The molecule has 1 aromatic rings. The summed E-state index contributed by atoms with van der Waals surface area (Å²) in [6, 6.07) is 6.49. The van der Waals surface area contributed by atoms with Crippen molar-refractivity contribution in [3.05, 3.63) is 29.8 Å². The minimum atomic E-state index is -3.85. The van der Waals surface area contributed by atoms with Crippen LogP contribution >= 0.6 is 0 Å². The molecule has 2 atom stereocenters. The minimum Gasteiger partial charge on any atom is -0.468 e. The van der Waals surface area contributed by atoms with Crippen LogP contribution in [0, 0.1) is 29.1 Å². The molecule has 29 heavy (non-hydrogen) atoms. The molecular formula is C21H26N2O5S. The number of carbonyl (C=O) groups is 2. The van der Waals surface area contributed by atoms with Crippen LogP contribution in [-0.2, 0) is 24.3 Å². The van der Waals surface area contributed by atoms with Gasteiger partial charge in [0.15, 0.2) is 5.78 Å². The Morgan fingerprint density at radius 3 is 2.34 bits per heavy atom. The number of carbonyl (C=O) groups excluding carboxylic acids is 2. The second-order valence-corrected chi connectivity index (χ2v) is 10.9. The Labute approximate surface area is 171 Å². The Morgan fingerprint density at radius 1 is 1.17 bits per heavy atom. The van der Waals surface area contributed by atoms with Gasteiger partial charge in [0.05, 0.1) is 12.0 Å². The monoisotopic (exact) mass is 418 g/mol. The fourth-order valence-corrected chi connectivity index (χ4v) is 6.60. The van der Waals surface area contributed by atoms with Crippen LogP contribution < -0.4 is 4.83 Å². The fourth-order valence-electron chi connectivity index (χ4n) is 5.76. The van der Waals surface area contributed by atoms with Crippen LogP contribution in [0.3, 0.4) is 0 Å². The van der Waals surface area contributed by atoms with Crippen molar-refractivity contribution in [3.63, 3.8) is 0 Å². The molecule has 3 saturated carbocycles. The largest absolute Gasteiger partial charge is 0.468 e. The van der Waals surface area contributed by atoms with Crippen LogP contribution in [0.2, 0.25) is 0 Å². The molecule has 156 valence electrons. The van der Waals surface area contributed by atoms with Gasteiger partial charge in [0.2, 0.25) is 0 Å². The van der Waals surface area contributed by atoms with E-state index in [1.165, 1.54) is 19.2 Å². The summed E-state index contributed by atoms with van der Waals surface area (Å²) in [7, 11) is -2.55. The number of benzene rings is 1. The van der Waals surface area contributed by atoms with Gasteiger partial charge in [-0.05, 0) is 37.3 Å². The number of ether oxygens (including phenoxy) is 1. The molecule has 0 amide bonds. The number of rotatable bonds is 4. The minimum absolute atomic E-state index is 0.114. The molecule has 8 heteroatoms. The van der Waals surface area contributed by atoms with E-state index in [1.54, 1.807) is 12.1 Å². The van der Waals surface area contributed by atoms with Gasteiger partial charge in [-0.15, -0.1) is 0 Å². The van der Waals surface area contributed by atoms with E-state index in [9.17, 15) is 18.0 Å². The number of esters is 1. The molecule has 7 nitrogen and oxygen atoms in total. The van der Waals surface area contributed by atoms with Crippen LogP contribution in [0.25, 0.3) is 0 Å². The lowest BCUT2D eigenvalue weighted by molar-refractivity contribution is -0.168. The average Bonchev–Trinajstić information content (AvgIpc) is 3.36. The molecule has 1 spiro atoms. The third-order valence-electron chi connectivity index (χ3n) is 7.02. The summed E-state index contributed by atoms with van der Waals surface area (Å²) in [4.78, 5) is 28.4. The van der Waals surface area contributed by atoms with Crippen molar-refractivity contribution in [3.8, 4) is 0 Å². The molecule has 4 rings (SSSR count). The lowest BCUT2D eigenvalue weighted by Gasteiger charge is -2.46. The maximum absolute atomic E-state index is 13.2. The average molecular weight is 419 g/mol. The third-order valence-corrected chi connectivity index (χ3v) is 8.24. The van der Waals surface area contributed by atoms with Gasteiger partial charge in [-0.3, -0.25) is 9.59 Å². The van der Waals surface area contributed by atoms with E-state index in [0.29, 0.717) is 5.71 Å². The highest BCUT2D eigenvalue weighted by atomic mass is 32.2. The summed E-state index contributed by atoms with van der Waals surface area (Å²) in [5.74, 6) is -0.783. The lowest BCUT2D eigenvalue weighted by Crippen LogP contribution is -2.53. The van der Waals surface area contributed by atoms with Crippen molar-refractivity contribution in [1.82, 2.24) is 4.83 Å². The molecule has 3 aliphatic carbocycles. The maximum Gasteiger partial charge on any atom is 0.320 e. The first-order valence-corrected chi connectivity index (χ1v) is 11.3. The first-order valence-electron chi connectivity index (χ1n) is 9.77. The third kappa shape index (κ3) is 2.68. The molecule has 0 aromatic heterocycles. The quantitative estimate of drug-likeness (QED) is 0.460. The van der Waals surface area contributed by atoms with Crippen molar-refractivity contribution in [2.75, 3.05) is 7.11 Å². The highest BCUT2D eigenvalue weighted by Gasteiger charge is 2.80. The SMILES string of the molecule is COC(=O)[C@]12C/C(=N\NS(=O)(=O)c3ccc(C)cc3)[C@H](C(C)(C)CC1=O)C21CC1. The molecule has 3 fully saturated rings. The zero-order chi connectivity index (χ0) is 21.2.